The van der Waals surface area contributed by atoms with Crippen LogP contribution in [-0.4, -0.2) is 64.8 Å². The Hall–Kier alpha value is -1.57. The fourth-order valence-corrected chi connectivity index (χ4v) is 3.95. The minimum atomic E-state index is -0.737. The summed E-state index contributed by atoms with van der Waals surface area (Å²) >= 11 is 0. The van der Waals surface area contributed by atoms with Crippen LogP contribution in [0.1, 0.15) is 24.8 Å². The van der Waals surface area contributed by atoms with E-state index in [1.807, 2.05) is 0 Å². The highest BCUT2D eigenvalue weighted by molar-refractivity contribution is 5.79. The predicted octanol–water partition coefficient (Wildman–Crippen LogP) is 1.13. The lowest BCUT2D eigenvalue weighted by Gasteiger charge is -2.39. The first kappa shape index (κ1) is 18.2. The third-order valence-corrected chi connectivity index (χ3v) is 5.30. The van der Waals surface area contributed by atoms with Crippen molar-refractivity contribution in [2.24, 2.45) is 5.41 Å². The molecule has 1 aromatic carbocycles. The van der Waals surface area contributed by atoms with Crippen molar-refractivity contribution in [2.45, 2.75) is 31.9 Å². The molecule has 3 rings (SSSR count). The van der Waals surface area contributed by atoms with Gasteiger partial charge in [0.15, 0.2) is 0 Å². The van der Waals surface area contributed by atoms with Crippen molar-refractivity contribution >= 4 is 5.91 Å². The van der Waals surface area contributed by atoms with E-state index in [1.165, 1.54) is 12.1 Å². The van der Waals surface area contributed by atoms with Crippen LogP contribution in [0.4, 0.5) is 8.78 Å². The van der Waals surface area contributed by atoms with Crippen molar-refractivity contribution < 1.29 is 23.8 Å². The molecule has 0 bridgehead atoms. The molecule has 2 saturated heterocycles. The zero-order chi connectivity index (χ0) is 18.0. The van der Waals surface area contributed by atoms with E-state index < -0.39 is 17.7 Å². The summed E-state index contributed by atoms with van der Waals surface area (Å²) in [6.07, 6.45) is 1.40. The summed E-state index contributed by atoms with van der Waals surface area (Å²) < 4.78 is 26.7. The maximum absolute atomic E-state index is 13.3. The second kappa shape index (κ2) is 7.35. The number of amides is 1. The largest absolute Gasteiger partial charge is 0.394 e. The van der Waals surface area contributed by atoms with Gasteiger partial charge in [0.25, 0.3) is 0 Å². The van der Waals surface area contributed by atoms with Crippen LogP contribution in [0.3, 0.4) is 0 Å². The standard InChI is InChI=1S/C18H24F2N2O3/c19-14-5-13(6-15(20)7-14)9-22-12-18(8-17(22)25)1-3-21(4-2-18)10-16(24)11-23/h5-7,16,23-24H,1-4,8-12H2/t16-/m0/s1. The summed E-state index contributed by atoms with van der Waals surface area (Å²) in [5.74, 6) is -1.24. The van der Waals surface area contributed by atoms with Crippen LogP contribution in [0.2, 0.25) is 0 Å². The molecular weight excluding hydrogens is 330 g/mol. The average molecular weight is 354 g/mol. The number of aliphatic hydroxyl groups is 2. The fourth-order valence-electron chi connectivity index (χ4n) is 3.95. The quantitative estimate of drug-likeness (QED) is 0.832. The Morgan fingerprint density at radius 3 is 2.40 bits per heavy atom. The Morgan fingerprint density at radius 1 is 1.16 bits per heavy atom. The van der Waals surface area contributed by atoms with Crippen molar-refractivity contribution in [1.29, 1.82) is 0 Å². The lowest BCUT2D eigenvalue weighted by Crippen LogP contribution is -2.44. The Labute approximate surface area is 145 Å². The van der Waals surface area contributed by atoms with E-state index in [2.05, 4.69) is 4.90 Å². The Kier molecular flexibility index (Phi) is 5.36. The summed E-state index contributed by atoms with van der Waals surface area (Å²) in [5.41, 5.74) is 0.371. The molecule has 2 fully saturated rings. The van der Waals surface area contributed by atoms with Crippen LogP contribution < -0.4 is 0 Å². The Balaban J connectivity index is 1.59. The topological polar surface area (TPSA) is 64.0 Å². The van der Waals surface area contributed by atoms with E-state index in [1.54, 1.807) is 4.90 Å². The number of carbonyl (C=O) groups excluding carboxylic acids is 1. The molecule has 1 amide bonds. The second-order valence-electron chi connectivity index (χ2n) is 7.34. The van der Waals surface area contributed by atoms with Gasteiger partial charge in [-0.15, -0.1) is 0 Å². The molecule has 2 N–H and O–H groups in total. The SMILES string of the molecule is O=C1CC2(CCN(C[C@H](O)CO)CC2)CN1Cc1cc(F)cc(F)c1. The maximum Gasteiger partial charge on any atom is 0.223 e. The molecule has 5 nitrogen and oxygen atoms in total. The summed E-state index contributed by atoms with van der Waals surface area (Å²) in [7, 11) is 0. The third kappa shape index (κ3) is 4.34. The normalized spacial score (nSPS) is 21.9. The van der Waals surface area contributed by atoms with E-state index in [0.717, 1.165) is 32.0 Å². The van der Waals surface area contributed by atoms with Crippen molar-refractivity contribution in [3.8, 4) is 0 Å². The van der Waals surface area contributed by atoms with Crippen LogP contribution in [-0.2, 0) is 11.3 Å². The average Bonchev–Trinajstić information content (AvgIpc) is 2.84. The number of likely N-dealkylation sites (tertiary alicyclic amines) is 2. The maximum atomic E-state index is 13.3. The second-order valence-corrected chi connectivity index (χ2v) is 7.34. The molecule has 0 aromatic heterocycles. The smallest absolute Gasteiger partial charge is 0.223 e. The number of halogens is 2. The molecule has 1 spiro atoms. The lowest BCUT2D eigenvalue weighted by molar-refractivity contribution is -0.128. The molecule has 2 aliphatic heterocycles. The number of aliphatic hydroxyl groups excluding tert-OH is 2. The molecular formula is C18H24F2N2O3. The van der Waals surface area contributed by atoms with Crippen molar-refractivity contribution in [1.82, 2.24) is 9.80 Å². The lowest BCUT2D eigenvalue weighted by atomic mass is 9.77. The molecule has 25 heavy (non-hydrogen) atoms. The van der Waals surface area contributed by atoms with E-state index in [-0.39, 0.29) is 24.5 Å². The Bertz CT molecular complexity index is 612. The zero-order valence-corrected chi connectivity index (χ0v) is 14.1. The minimum absolute atomic E-state index is 0.0218. The predicted molar refractivity (Wildman–Crippen MR) is 87.6 cm³/mol. The van der Waals surface area contributed by atoms with Gasteiger partial charge in [0.05, 0.1) is 12.7 Å². The number of benzene rings is 1. The number of piperidine rings is 1. The highest BCUT2D eigenvalue weighted by Crippen LogP contribution is 2.41. The van der Waals surface area contributed by atoms with E-state index >= 15 is 0 Å². The molecule has 2 heterocycles. The first-order chi connectivity index (χ1) is 11.9. The monoisotopic (exact) mass is 354 g/mol. The highest BCUT2D eigenvalue weighted by Gasteiger charge is 2.44. The van der Waals surface area contributed by atoms with Gasteiger partial charge in [-0.05, 0) is 49.0 Å². The summed E-state index contributed by atoms with van der Waals surface area (Å²) in [6, 6.07) is 3.35. The number of rotatable bonds is 5. The molecule has 0 saturated carbocycles. The van der Waals surface area contributed by atoms with Crippen LogP contribution in [0.25, 0.3) is 0 Å². The number of nitrogens with zero attached hydrogens (tertiary/aromatic N) is 2. The number of β-amino-alcohol motifs (C(OH)–C–C–N with tert-alkyl or cyclic N) is 1. The van der Waals surface area contributed by atoms with Gasteiger partial charge < -0.3 is 20.0 Å². The molecule has 7 heteroatoms. The van der Waals surface area contributed by atoms with Crippen molar-refractivity contribution in [3.63, 3.8) is 0 Å². The van der Waals surface area contributed by atoms with Crippen molar-refractivity contribution in [3.05, 3.63) is 35.4 Å². The van der Waals surface area contributed by atoms with E-state index in [0.29, 0.717) is 25.1 Å². The van der Waals surface area contributed by atoms with Crippen LogP contribution in [0.5, 0.6) is 0 Å². The summed E-state index contributed by atoms with van der Waals surface area (Å²) in [6.45, 7) is 2.55. The molecule has 138 valence electrons. The van der Waals surface area contributed by atoms with Gasteiger partial charge in [0.2, 0.25) is 5.91 Å². The Morgan fingerprint density at radius 2 is 1.80 bits per heavy atom. The van der Waals surface area contributed by atoms with Crippen LogP contribution >= 0.6 is 0 Å². The highest BCUT2D eigenvalue weighted by atomic mass is 19.1. The molecule has 0 radical (unpaired) electrons. The summed E-state index contributed by atoms with van der Waals surface area (Å²) in [5, 5.41) is 18.5. The van der Waals surface area contributed by atoms with Gasteiger partial charge in [-0.2, -0.15) is 0 Å². The number of hydrogen-bond acceptors (Lipinski definition) is 4. The first-order valence-electron chi connectivity index (χ1n) is 8.63. The first-order valence-corrected chi connectivity index (χ1v) is 8.63. The van der Waals surface area contributed by atoms with E-state index in [9.17, 15) is 18.7 Å². The molecule has 1 atom stereocenters. The number of carbonyl (C=O) groups is 1. The zero-order valence-electron chi connectivity index (χ0n) is 14.1. The molecule has 0 aliphatic carbocycles. The van der Waals surface area contributed by atoms with Crippen LogP contribution in [0, 0.1) is 17.0 Å². The van der Waals surface area contributed by atoms with Gasteiger partial charge in [-0.25, -0.2) is 8.78 Å². The minimum Gasteiger partial charge on any atom is -0.394 e. The number of hydrogen-bond donors (Lipinski definition) is 2. The van der Waals surface area contributed by atoms with Gasteiger partial charge in [-0.1, -0.05) is 0 Å². The molecule has 0 unspecified atom stereocenters. The van der Waals surface area contributed by atoms with Crippen molar-refractivity contribution in [2.75, 3.05) is 32.8 Å². The van der Waals surface area contributed by atoms with Crippen LogP contribution in [0.15, 0.2) is 18.2 Å². The molecule has 1 aromatic rings. The third-order valence-electron chi connectivity index (χ3n) is 5.30. The van der Waals surface area contributed by atoms with Gasteiger partial charge in [0, 0.05) is 32.1 Å². The van der Waals surface area contributed by atoms with E-state index in [4.69, 9.17) is 5.11 Å². The fraction of sp³-hybridized carbons (Fsp3) is 0.611. The van der Waals surface area contributed by atoms with Gasteiger partial charge in [0.1, 0.15) is 11.6 Å². The summed E-state index contributed by atoms with van der Waals surface area (Å²) in [4.78, 5) is 16.2. The van der Waals surface area contributed by atoms with Gasteiger partial charge >= 0.3 is 0 Å². The molecule has 2 aliphatic rings. The van der Waals surface area contributed by atoms with Gasteiger partial charge in [-0.3, -0.25) is 4.79 Å².